The average Bonchev–Trinajstić information content (AvgIpc) is 2.98. The van der Waals surface area contributed by atoms with Crippen LogP contribution in [0.15, 0.2) is 22.1 Å². The highest BCUT2D eigenvalue weighted by Crippen LogP contribution is 2.17. The molecule has 0 aliphatic heterocycles. The van der Waals surface area contributed by atoms with E-state index in [0.717, 1.165) is 0 Å². The van der Waals surface area contributed by atoms with Crippen molar-refractivity contribution in [1.29, 1.82) is 0 Å². The van der Waals surface area contributed by atoms with Crippen LogP contribution in [0.25, 0.3) is 0 Å². The molecule has 0 bridgehead atoms. The van der Waals surface area contributed by atoms with Gasteiger partial charge in [-0.25, -0.2) is 13.4 Å². The van der Waals surface area contributed by atoms with Crippen LogP contribution in [0.4, 0.5) is 0 Å². The van der Waals surface area contributed by atoms with Crippen LogP contribution in [0.5, 0.6) is 0 Å². The molecule has 0 aromatic carbocycles. The minimum Gasteiger partial charge on any atom is -0.326 e. The number of H-pyrrole nitrogens is 1. The van der Waals surface area contributed by atoms with Gasteiger partial charge in [0.25, 0.3) is 10.0 Å². The van der Waals surface area contributed by atoms with Gasteiger partial charge in [-0.1, -0.05) is 0 Å². The van der Waals surface area contributed by atoms with Crippen LogP contribution in [0.3, 0.4) is 0 Å². The van der Waals surface area contributed by atoms with Gasteiger partial charge in [-0.15, -0.1) is 11.3 Å². The van der Waals surface area contributed by atoms with Gasteiger partial charge in [0, 0.05) is 24.5 Å². The van der Waals surface area contributed by atoms with Crippen molar-refractivity contribution in [3.8, 4) is 0 Å². The van der Waals surface area contributed by atoms with Crippen molar-refractivity contribution in [3.05, 3.63) is 28.3 Å². The number of rotatable bonds is 5. The molecule has 0 amide bonds. The molecule has 0 radical (unpaired) electrons. The summed E-state index contributed by atoms with van der Waals surface area (Å²) < 4.78 is 25.8. The van der Waals surface area contributed by atoms with Crippen LogP contribution < -0.4 is 5.73 Å². The predicted octanol–water partition coefficient (Wildman–Crippen LogP) is 0.146. The lowest BCUT2D eigenvalue weighted by atomic mass is 10.4. The molecule has 0 fully saturated rings. The van der Waals surface area contributed by atoms with E-state index in [4.69, 9.17) is 5.73 Å². The number of aromatic nitrogens is 3. The SMILES string of the molecule is CN(Cc1cscn1)S(=O)(=O)c1[nH]ncc1CN. The Morgan fingerprint density at radius 2 is 2.33 bits per heavy atom. The minimum atomic E-state index is -3.61. The standard InChI is InChI=1S/C9H13N5O2S2/c1-14(4-8-5-17-6-11-8)18(15,16)9-7(2-10)3-12-13-9/h3,5-6H,2,4,10H2,1H3,(H,12,13). The van der Waals surface area contributed by atoms with Crippen LogP contribution in [0.2, 0.25) is 0 Å². The number of nitrogens with zero attached hydrogens (tertiary/aromatic N) is 3. The van der Waals surface area contributed by atoms with Crippen molar-refractivity contribution in [3.63, 3.8) is 0 Å². The van der Waals surface area contributed by atoms with Crippen molar-refractivity contribution >= 4 is 21.4 Å². The molecule has 0 atom stereocenters. The zero-order valence-electron chi connectivity index (χ0n) is 9.70. The Balaban J connectivity index is 2.26. The Hall–Kier alpha value is -1.29. The maximum atomic E-state index is 12.3. The van der Waals surface area contributed by atoms with Gasteiger partial charge in [0.1, 0.15) is 0 Å². The lowest BCUT2D eigenvalue weighted by Crippen LogP contribution is -2.28. The minimum absolute atomic E-state index is 0.0442. The van der Waals surface area contributed by atoms with Crippen molar-refractivity contribution in [2.75, 3.05) is 7.05 Å². The highest BCUT2D eigenvalue weighted by atomic mass is 32.2. The summed E-state index contributed by atoms with van der Waals surface area (Å²) in [6, 6.07) is 0. The second-order valence-electron chi connectivity index (χ2n) is 3.67. The third-order valence-corrected chi connectivity index (χ3v) is 4.89. The first-order valence-corrected chi connectivity index (χ1v) is 7.49. The van der Waals surface area contributed by atoms with E-state index in [-0.39, 0.29) is 18.1 Å². The van der Waals surface area contributed by atoms with Gasteiger partial charge in [0.05, 0.1) is 23.9 Å². The number of hydrogen-bond donors (Lipinski definition) is 2. The molecule has 7 nitrogen and oxygen atoms in total. The fourth-order valence-electron chi connectivity index (χ4n) is 1.45. The molecule has 0 saturated carbocycles. The van der Waals surface area contributed by atoms with Gasteiger partial charge >= 0.3 is 0 Å². The zero-order chi connectivity index (χ0) is 13.2. The summed E-state index contributed by atoms with van der Waals surface area (Å²) in [6.45, 7) is 0.338. The smallest absolute Gasteiger partial charge is 0.260 e. The lowest BCUT2D eigenvalue weighted by molar-refractivity contribution is 0.459. The summed E-state index contributed by atoms with van der Waals surface area (Å²) >= 11 is 1.42. The maximum Gasteiger partial charge on any atom is 0.260 e. The van der Waals surface area contributed by atoms with Crippen molar-refractivity contribution < 1.29 is 8.42 Å². The van der Waals surface area contributed by atoms with E-state index in [2.05, 4.69) is 15.2 Å². The van der Waals surface area contributed by atoms with Gasteiger partial charge in [-0.2, -0.15) is 9.40 Å². The highest BCUT2D eigenvalue weighted by Gasteiger charge is 2.25. The van der Waals surface area contributed by atoms with E-state index in [1.165, 1.54) is 28.9 Å². The topological polar surface area (TPSA) is 105 Å². The van der Waals surface area contributed by atoms with Gasteiger partial charge in [0.2, 0.25) is 0 Å². The molecule has 0 aliphatic carbocycles. The average molecular weight is 287 g/mol. The van der Waals surface area contributed by atoms with E-state index >= 15 is 0 Å². The van der Waals surface area contributed by atoms with Gasteiger partial charge in [0.15, 0.2) is 5.03 Å². The fourth-order valence-corrected chi connectivity index (χ4v) is 3.25. The monoisotopic (exact) mass is 287 g/mol. The highest BCUT2D eigenvalue weighted by molar-refractivity contribution is 7.89. The molecule has 18 heavy (non-hydrogen) atoms. The fraction of sp³-hybridized carbons (Fsp3) is 0.333. The molecule has 2 heterocycles. The molecule has 0 unspecified atom stereocenters. The van der Waals surface area contributed by atoms with Gasteiger partial charge < -0.3 is 5.73 Å². The summed E-state index contributed by atoms with van der Waals surface area (Å²) in [7, 11) is -2.12. The second kappa shape index (κ2) is 5.14. The molecule has 9 heteroatoms. The van der Waals surface area contributed by atoms with Crippen molar-refractivity contribution in [2.45, 2.75) is 18.1 Å². The van der Waals surface area contributed by atoms with E-state index in [1.54, 1.807) is 5.51 Å². The lowest BCUT2D eigenvalue weighted by Gasteiger charge is -2.15. The maximum absolute atomic E-state index is 12.3. The summed E-state index contributed by atoms with van der Waals surface area (Å²) in [4.78, 5) is 4.06. The van der Waals surface area contributed by atoms with Crippen molar-refractivity contribution in [1.82, 2.24) is 19.5 Å². The molecule has 0 aliphatic rings. The van der Waals surface area contributed by atoms with Crippen LogP contribution in [0.1, 0.15) is 11.3 Å². The first-order valence-electron chi connectivity index (χ1n) is 5.11. The molecule has 98 valence electrons. The summed E-state index contributed by atoms with van der Waals surface area (Å²) in [5.41, 5.74) is 8.32. The molecule has 3 N–H and O–H groups in total. The molecule has 2 aromatic rings. The summed E-state index contributed by atoms with van der Waals surface area (Å²) in [5.74, 6) is 0. The third kappa shape index (κ3) is 2.43. The van der Waals surface area contributed by atoms with Gasteiger partial charge in [-0.3, -0.25) is 5.10 Å². The normalized spacial score (nSPS) is 12.2. The van der Waals surface area contributed by atoms with Crippen molar-refractivity contribution in [2.24, 2.45) is 5.73 Å². The Labute approximate surface area is 109 Å². The van der Waals surface area contributed by atoms with Crippen LogP contribution in [-0.4, -0.2) is 35.0 Å². The first kappa shape index (κ1) is 13.1. The largest absolute Gasteiger partial charge is 0.326 e. The molecule has 0 saturated heterocycles. The summed E-state index contributed by atoms with van der Waals surface area (Å²) in [6.07, 6.45) is 1.42. The number of nitrogens with two attached hydrogens (primary N) is 1. The Kier molecular flexibility index (Phi) is 3.76. The molecule has 0 spiro atoms. The van der Waals surface area contributed by atoms with Crippen LogP contribution >= 0.6 is 11.3 Å². The molecular weight excluding hydrogens is 274 g/mol. The van der Waals surface area contributed by atoms with Crippen LogP contribution in [0, 0.1) is 0 Å². The Morgan fingerprint density at radius 3 is 2.94 bits per heavy atom. The first-order chi connectivity index (χ1) is 8.55. The quantitative estimate of drug-likeness (QED) is 0.814. The predicted molar refractivity (Wildman–Crippen MR) is 67.2 cm³/mol. The van der Waals surface area contributed by atoms with E-state index in [0.29, 0.717) is 11.3 Å². The Bertz CT molecular complexity index is 605. The number of hydrogen-bond acceptors (Lipinski definition) is 6. The third-order valence-electron chi connectivity index (χ3n) is 2.43. The number of aromatic amines is 1. The molecule has 2 rings (SSSR count). The van der Waals surface area contributed by atoms with E-state index < -0.39 is 10.0 Å². The van der Waals surface area contributed by atoms with E-state index in [1.807, 2.05) is 5.38 Å². The number of sulfonamides is 1. The summed E-state index contributed by atoms with van der Waals surface area (Å²) in [5, 5.41) is 8.05. The zero-order valence-corrected chi connectivity index (χ0v) is 11.3. The Morgan fingerprint density at radius 1 is 1.56 bits per heavy atom. The van der Waals surface area contributed by atoms with Gasteiger partial charge in [-0.05, 0) is 0 Å². The van der Waals surface area contributed by atoms with E-state index in [9.17, 15) is 8.42 Å². The second-order valence-corrected chi connectivity index (χ2v) is 6.37. The molecular formula is C9H13N5O2S2. The molecule has 2 aromatic heterocycles. The van der Waals surface area contributed by atoms with Crippen LogP contribution in [-0.2, 0) is 23.1 Å². The number of nitrogens with one attached hydrogen (secondary N) is 1. The number of thiazole rings is 1.